The summed E-state index contributed by atoms with van der Waals surface area (Å²) in [5.74, 6) is -0.0175. The summed E-state index contributed by atoms with van der Waals surface area (Å²) in [7, 11) is 0. The molecule has 2 heterocycles. The minimum Gasteiger partial charge on any atom is -0.352 e. The number of aromatic nitrogens is 3. The molecule has 5 heteroatoms. The summed E-state index contributed by atoms with van der Waals surface area (Å²) in [4.78, 5) is 20.4. The van der Waals surface area contributed by atoms with Gasteiger partial charge in [-0.15, -0.1) is 0 Å². The SMILES string of the molecule is Cc1ccc(CC(=O)NCc2ccccc2-n2ccnc2)cn1. The van der Waals surface area contributed by atoms with E-state index in [1.807, 2.05) is 54.1 Å². The molecular formula is C18H18N4O. The summed E-state index contributed by atoms with van der Waals surface area (Å²) >= 11 is 0. The molecule has 0 saturated heterocycles. The van der Waals surface area contributed by atoms with Gasteiger partial charge in [0.05, 0.1) is 18.4 Å². The Kier molecular flexibility index (Phi) is 4.47. The smallest absolute Gasteiger partial charge is 0.224 e. The zero-order chi connectivity index (χ0) is 16.1. The number of imidazole rings is 1. The first-order chi connectivity index (χ1) is 11.2. The van der Waals surface area contributed by atoms with Gasteiger partial charge in [0, 0.05) is 30.8 Å². The summed E-state index contributed by atoms with van der Waals surface area (Å²) in [5, 5.41) is 2.96. The molecule has 0 aliphatic heterocycles. The van der Waals surface area contributed by atoms with Crippen LogP contribution in [0.25, 0.3) is 5.69 Å². The highest BCUT2D eigenvalue weighted by atomic mass is 16.1. The van der Waals surface area contributed by atoms with Crippen molar-refractivity contribution in [2.24, 2.45) is 0 Å². The van der Waals surface area contributed by atoms with Gasteiger partial charge in [0.1, 0.15) is 0 Å². The van der Waals surface area contributed by atoms with Crippen LogP contribution in [-0.2, 0) is 17.8 Å². The van der Waals surface area contributed by atoms with Crippen LogP contribution >= 0.6 is 0 Å². The predicted octanol–water partition coefficient (Wildman–Crippen LogP) is 2.43. The molecule has 1 amide bonds. The zero-order valence-corrected chi connectivity index (χ0v) is 12.9. The fraction of sp³-hybridized carbons (Fsp3) is 0.167. The number of benzene rings is 1. The van der Waals surface area contributed by atoms with Crippen LogP contribution in [0.3, 0.4) is 0 Å². The van der Waals surface area contributed by atoms with E-state index in [1.165, 1.54) is 0 Å². The number of nitrogens with one attached hydrogen (secondary N) is 1. The molecule has 0 radical (unpaired) electrons. The lowest BCUT2D eigenvalue weighted by atomic mass is 10.1. The number of aryl methyl sites for hydroxylation is 1. The van der Waals surface area contributed by atoms with Gasteiger partial charge in [-0.1, -0.05) is 24.3 Å². The highest BCUT2D eigenvalue weighted by Crippen LogP contribution is 2.13. The van der Waals surface area contributed by atoms with Gasteiger partial charge < -0.3 is 9.88 Å². The normalized spacial score (nSPS) is 10.5. The molecule has 0 saturated carbocycles. The maximum Gasteiger partial charge on any atom is 0.224 e. The van der Waals surface area contributed by atoms with Crippen molar-refractivity contribution in [3.05, 3.63) is 78.1 Å². The van der Waals surface area contributed by atoms with E-state index in [9.17, 15) is 4.79 Å². The van der Waals surface area contributed by atoms with E-state index in [4.69, 9.17) is 0 Å². The Morgan fingerprint density at radius 2 is 2.09 bits per heavy atom. The summed E-state index contributed by atoms with van der Waals surface area (Å²) in [6, 6.07) is 11.8. The Morgan fingerprint density at radius 1 is 1.22 bits per heavy atom. The molecule has 3 rings (SSSR count). The fourth-order valence-corrected chi connectivity index (χ4v) is 2.36. The van der Waals surface area contributed by atoms with Crippen molar-refractivity contribution < 1.29 is 4.79 Å². The highest BCUT2D eigenvalue weighted by molar-refractivity contribution is 5.78. The molecule has 116 valence electrons. The van der Waals surface area contributed by atoms with E-state index >= 15 is 0 Å². The van der Waals surface area contributed by atoms with Crippen LogP contribution in [0.15, 0.2) is 61.3 Å². The van der Waals surface area contributed by atoms with Gasteiger partial charge in [0.25, 0.3) is 0 Å². The average molecular weight is 306 g/mol. The summed E-state index contributed by atoms with van der Waals surface area (Å²) in [6.07, 6.45) is 7.45. The van der Waals surface area contributed by atoms with E-state index in [-0.39, 0.29) is 5.91 Å². The third kappa shape index (κ3) is 3.83. The van der Waals surface area contributed by atoms with Crippen molar-refractivity contribution in [1.29, 1.82) is 0 Å². The molecule has 0 unspecified atom stereocenters. The minimum atomic E-state index is -0.0175. The van der Waals surface area contributed by atoms with Crippen molar-refractivity contribution in [3.8, 4) is 5.69 Å². The summed E-state index contributed by atoms with van der Waals surface area (Å²) < 4.78 is 1.94. The summed E-state index contributed by atoms with van der Waals surface area (Å²) in [5.41, 5.74) is 3.92. The molecule has 5 nitrogen and oxygen atoms in total. The molecular weight excluding hydrogens is 288 g/mol. The van der Waals surface area contributed by atoms with Crippen molar-refractivity contribution in [3.63, 3.8) is 0 Å². The van der Waals surface area contributed by atoms with Gasteiger partial charge in [-0.2, -0.15) is 0 Å². The lowest BCUT2D eigenvalue weighted by Gasteiger charge is -2.11. The van der Waals surface area contributed by atoms with Crippen LogP contribution < -0.4 is 5.32 Å². The minimum absolute atomic E-state index is 0.0175. The second kappa shape index (κ2) is 6.87. The van der Waals surface area contributed by atoms with Gasteiger partial charge in [0.2, 0.25) is 5.91 Å². The van der Waals surface area contributed by atoms with Crippen LogP contribution in [0.2, 0.25) is 0 Å². The first-order valence-electron chi connectivity index (χ1n) is 7.47. The van der Waals surface area contributed by atoms with Gasteiger partial charge in [0.15, 0.2) is 0 Å². The lowest BCUT2D eigenvalue weighted by Crippen LogP contribution is -2.25. The van der Waals surface area contributed by atoms with Crippen molar-refractivity contribution in [2.45, 2.75) is 19.9 Å². The second-order valence-electron chi connectivity index (χ2n) is 5.36. The molecule has 23 heavy (non-hydrogen) atoms. The molecule has 0 bridgehead atoms. The first-order valence-corrected chi connectivity index (χ1v) is 7.47. The molecule has 0 aliphatic carbocycles. The van der Waals surface area contributed by atoms with Crippen LogP contribution in [0.4, 0.5) is 0 Å². The van der Waals surface area contributed by atoms with Crippen LogP contribution in [-0.4, -0.2) is 20.4 Å². The van der Waals surface area contributed by atoms with Crippen LogP contribution in [0.1, 0.15) is 16.8 Å². The number of carbonyl (C=O) groups excluding carboxylic acids is 1. The Labute approximate surface area is 135 Å². The third-order valence-electron chi connectivity index (χ3n) is 3.59. The predicted molar refractivity (Wildman–Crippen MR) is 88.1 cm³/mol. The first kappa shape index (κ1) is 15.0. The van der Waals surface area contributed by atoms with E-state index in [0.717, 1.165) is 22.5 Å². The molecule has 0 aliphatic rings. The molecule has 2 aromatic heterocycles. The van der Waals surface area contributed by atoms with Gasteiger partial charge in [-0.3, -0.25) is 9.78 Å². The van der Waals surface area contributed by atoms with Gasteiger partial charge in [-0.25, -0.2) is 4.98 Å². The van der Waals surface area contributed by atoms with E-state index in [0.29, 0.717) is 13.0 Å². The molecule has 0 spiro atoms. The quantitative estimate of drug-likeness (QED) is 0.787. The number of nitrogens with zero attached hydrogens (tertiary/aromatic N) is 3. The Bertz CT molecular complexity index is 779. The maximum absolute atomic E-state index is 12.1. The molecule has 0 fully saturated rings. The van der Waals surface area contributed by atoms with E-state index in [1.54, 1.807) is 18.7 Å². The lowest BCUT2D eigenvalue weighted by molar-refractivity contribution is -0.120. The topological polar surface area (TPSA) is 59.8 Å². The average Bonchev–Trinajstić information content (AvgIpc) is 3.10. The molecule has 1 N–H and O–H groups in total. The number of hydrogen-bond donors (Lipinski definition) is 1. The largest absolute Gasteiger partial charge is 0.352 e. The number of rotatable bonds is 5. The number of carbonyl (C=O) groups is 1. The number of pyridine rings is 1. The molecule has 3 aromatic rings. The van der Waals surface area contributed by atoms with Gasteiger partial charge >= 0.3 is 0 Å². The third-order valence-corrected chi connectivity index (χ3v) is 3.59. The van der Waals surface area contributed by atoms with Crippen molar-refractivity contribution in [2.75, 3.05) is 0 Å². The van der Waals surface area contributed by atoms with E-state index in [2.05, 4.69) is 15.3 Å². The monoisotopic (exact) mass is 306 g/mol. The maximum atomic E-state index is 12.1. The van der Waals surface area contributed by atoms with Crippen LogP contribution in [0, 0.1) is 6.92 Å². The zero-order valence-electron chi connectivity index (χ0n) is 12.9. The second-order valence-corrected chi connectivity index (χ2v) is 5.36. The van der Waals surface area contributed by atoms with Crippen LogP contribution in [0.5, 0.6) is 0 Å². The van der Waals surface area contributed by atoms with E-state index < -0.39 is 0 Å². The summed E-state index contributed by atoms with van der Waals surface area (Å²) in [6.45, 7) is 2.41. The van der Waals surface area contributed by atoms with Crippen molar-refractivity contribution >= 4 is 5.91 Å². The molecule has 1 aromatic carbocycles. The Balaban J connectivity index is 1.64. The van der Waals surface area contributed by atoms with Gasteiger partial charge in [-0.05, 0) is 30.2 Å². The Morgan fingerprint density at radius 3 is 2.83 bits per heavy atom. The number of amides is 1. The fourth-order valence-electron chi connectivity index (χ4n) is 2.36. The standard InChI is InChI=1S/C18H18N4O/c1-14-6-7-15(11-20-14)10-18(23)21-12-16-4-2-3-5-17(16)22-9-8-19-13-22/h2-9,11,13H,10,12H2,1H3,(H,21,23). The number of hydrogen-bond acceptors (Lipinski definition) is 3. The Hall–Kier alpha value is -2.95. The highest BCUT2D eigenvalue weighted by Gasteiger charge is 2.07. The number of para-hydroxylation sites is 1. The molecule has 0 atom stereocenters. The van der Waals surface area contributed by atoms with Crippen molar-refractivity contribution in [1.82, 2.24) is 19.9 Å².